The van der Waals surface area contributed by atoms with E-state index in [9.17, 15) is 9.59 Å². The first-order chi connectivity index (χ1) is 8.06. The van der Waals surface area contributed by atoms with E-state index in [1.807, 2.05) is 0 Å². The van der Waals surface area contributed by atoms with Crippen molar-refractivity contribution < 1.29 is 4.79 Å². The van der Waals surface area contributed by atoms with Gasteiger partial charge >= 0.3 is 5.69 Å². The highest BCUT2D eigenvalue weighted by Crippen LogP contribution is 2.26. The van der Waals surface area contributed by atoms with Crippen LogP contribution in [-0.4, -0.2) is 15.9 Å². The molecule has 3 N–H and O–H groups in total. The third-order valence-corrected chi connectivity index (χ3v) is 2.94. The average molecular weight is 317 g/mol. The summed E-state index contributed by atoms with van der Waals surface area (Å²) in [6, 6.07) is 5.02. The molecule has 0 aliphatic carbocycles. The van der Waals surface area contributed by atoms with Gasteiger partial charge in [-0.15, -0.1) is 0 Å². The van der Waals surface area contributed by atoms with Gasteiger partial charge < -0.3 is 15.3 Å². The van der Waals surface area contributed by atoms with E-state index in [1.54, 1.807) is 18.2 Å². The molecule has 0 aliphatic rings. The Kier molecular flexibility index (Phi) is 3.35. The van der Waals surface area contributed by atoms with Gasteiger partial charge in [-0.25, -0.2) is 4.79 Å². The van der Waals surface area contributed by atoms with E-state index in [2.05, 4.69) is 31.2 Å². The Hall–Kier alpha value is -1.53. The maximum Gasteiger partial charge on any atom is 0.323 e. The number of nitrogens with one attached hydrogen (secondary N) is 3. The lowest BCUT2D eigenvalue weighted by atomic mass is 10.3. The van der Waals surface area contributed by atoms with E-state index >= 15 is 0 Å². The number of hydrogen-bond acceptors (Lipinski definition) is 2. The zero-order valence-corrected chi connectivity index (χ0v) is 10.7. The molecule has 1 aromatic carbocycles. The number of halogens is 2. The topological polar surface area (TPSA) is 77.8 Å². The van der Waals surface area contributed by atoms with Gasteiger partial charge in [0.05, 0.1) is 5.69 Å². The van der Waals surface area contributed by atoms with Gasteiger partial charge in [-0.05, 0) is 34.1 Å². The highest BCUT2D eigenvalue weighted by Gasteiger charge is 2.10. The van der Waals surface area contributed by atoms with Gasteiger partial charge in [0.2, 0.25) is 0 Å². The summed E-state index contributed by atoms with van der Waals surface area (Å²) in [5.74, 6) is -0.425. The van der Waals surface area contributed by atoms with Gasteiger partial charge in [-0.3, -0.25) is 4.79 Å². The molecular weight excluding hydrogens is 309 g/mol. The van der Waals surface area contributed by atoms with Crippen LogP contribution in [0.15, 0.2) is 33.7 Å². The number of imidazole rings is 1. The summed E-state index contributed by atoms with van der Waals surface area (Å²) >= 11 is 9.10. The van der Waals surface area contributed by atoms with E-state index in [-0.39, 0.29) is 5.69 Å². The second kappa shape index (κ2) is 4.77. The minimum atomic E-state index is -0.430. The van der Waals surface area contributed by atoms with Gasteiger partial charge in [0, 0.05) is 15.7 Å². The predicted octanol–water partition coefficient (Wildman–Crippen LogP) is 2.37. The number of H-pyrrole nitrogens is 2. The highest BCUT2D eigenvalue weighted by molar-refractivity contribution is 9.10. The fourth-order valence-corrected chi connectivity index (χ4v) is 1.76. The molecule has 0 saturated carbocycles. The summed E-state index contributed by atoms with van der Waals surface area (Å²) in [7, 11) is 0. The molecule has 0 spiro atoms. The number of anilines is 1. The zero-order chi connectivity index (χ0) is 12.4. The molecule has 0 unspecified atom stereocenters. The number of benzene rings is 1. The quantitative estimate of drug-likeness (QED) is 0.795. The predicted molar refractivity (Wildman–Crippen MR) is 68.5 cm³/mol. The maximum absolute atomic E-state index is 11.7. The van der Waals surface area contributed by atoms with E-state index in [0.29, 0.717) is 15.2 Å². The molecule has 0 saturated heterocycles. The first kappa shape index (κ1) is 11.9. The Bertz CT molecular complexity index is 620. The first-order valence-corrected chi connectivity index (χ1v) is 5.77. The standard InChI is InChI=1S/C10H7BrClN3O2/c11-6-2-1-5(12)3-7(6)14-9(16)8-4-13-10(17)15-8/h1-4H,(H,14,16)(H2,13,15,17). The van der Waals surface area contributed by atoms with E-state index in [1.165, 1.54) is 6.20 Å². The highest BCUT2D eigenvalue weighted by atomic mass is 79.9. The second-order valence-corrected chi connectivity index (χ2v) is 4.53. The van der Waals surface area contributed by atoms with Crippen LogP contribution in [0.2, 0.25) is 5.02 Å². The fraction of sp³-hybridized carbons (Fsp3) is 0. The Morgan fingerprint density at radius 3 is 2.82 bits per heavy atom. The number of rotatable bonds is 2. The lowest BCUT2D eigenvalue weighted by Crippen LogP contribution is -2.14. The van der Waals surface area contributed by atoms with Crippen molar-refractivity contribution in [2.45, 2.75) is 0 Å². The van der Waals surface area contributed by atoms with Crippen LogP contribution in [-0.2, 0) is 0 Å². The van der Waals surface area contributed by atoms with Gasteiger partial charge in [-0.2, -0.15) is 0 Å². The number of carbonyl (C=O) groups excluding carboxylic acids is 1. The summed E-state index contributed by atoms with van der Waals surface area (Å²) in [4.78, 5) is 27.3. The van der Waals surface area contributed by atoms with Crippen molar-refractivity contribution in [3.05, 3.63) is 50.1 Å². The summed E-state index contributed by atoms with van der Waals surface area (Å²) in [6.07, 6.45) is 1.30. The van der Waals surface area contributed by atoms with Gasteiger partial charge in [0.15, 0.2) is 0 Å². The largest absolute Gasteiger partial charge is 0.323 e. The van der Waals surface area contributed by atoms with Crippen molar-refractivity contribution >= 4 is 39.1 Å². The molecular formula is C10H7BrClN3O2. The molecule has 0 radical (unpaired) electrons. The molecule has 5 nitrogen and oxygen atoms in total. The molecule has 1 aromatic heterocycles. The zero-order valence-electron chi connectivity index (χ0n) is 8.38. The summed E-state index contributed by atoms with van der Waals surface area (Å²) < 4.78 is 0.702. The van der Waals surface area contributed by atoms with Crippen LogP contribution in [0, 0.1) is 0 Å². The van der Waals surface area contributed by atoms with Crippen molar-refractivity contribution in [2.24, 2.45) is 0 Å². The Labute approximate surface area is 109 Å². The number of aromatic amines is 2. The van der Waals surface area contributed by atoms with Gasteiger partial charge in [-0.1, -0.05) is 11.6 Å². The van der Waals surface area contributed by atoms with Crippen LogP contribution >= 0.6 is 27.5 Å². The van der Waals surface area contributed by atoms with E-state index < -0.39 is 11.6 Å². The van der Waals surface area contributed by atoms with Crippen LogP contribution < -0.4 is 11.0 Å². The van der Waals surface area contributed by atoms with Crippen LogP contribution in [0.1, 0.15) is 10.5 Å². The normalized spacial score (nSPS) is 10.2. The third-order valence-electron chi connectivity index (χ3n) is 2.02. The van der Waals surface area contributed by atoms with Crippen molar-refractivity contribution in [1.29, 1.82) is 0 Å². The number of hydrogen-bond donors (Lipinski definition) is 3. The molecule has 7 heteroatoms. The molecule has 17 heavy (non-hydrogen) atoms. The molecule has 1 amide bonds. The van der Waals surface area contributed by atoms with Gasteiger partial charge in [0.25, 0.3) is 5.91 Å². The minimum absolute atomic E-state index is 0.155. The SMILES string of the molecule is O=C(Nc1cc(Cl)ccc1Br)c1c[nH]c(=O)[nH]1. The number of carbonyl (C=O) groups is 1. The lowest BCUT2D eigenvalue weighted by Gasteiger charge is -2.06. The van der Waals surface area contributed by atoms with E-state index in [0.717, 1.165) is 0 Å². The van der Waals surface area contributed by atoms with Crippen LogP contribution in [0.3, 0.4) is 0 Å². The van der Waals surface area contributed by atoms with E-state index in [4.69, 9.17) is 11.6 Å². The van der Waals surface area contributed by atoms with Crippen molar-refractivity contribution in [3.8, 4) is 0 Å². The lowest BCUT2D eigenvalue weighted by molar-refractivity contribution is 0.102. The average Bonchev–Trinajstić information content (AvgIpc) is 2.70. The van der Waals surface area contributed by atoms with Crippen LogP contribution in [0.4, 0.5) is 5.69 Å². The number of amides is 1. The van der Waals surface area contributed by atoms with Crippen molar-refractivity contribution in [3.63, 3.8) is 0 Å². The number of aromatic nitrogens is 2. The molecule has 0 bridgehead atoms. The molecule has 88 valence electrons. The smallest absolute Gasteiger partial charge is 0.320 e. The van der Waals surface area contributed by atoms with Gasteiger partial charge in [0.1, 0.15) is 5.69 Å². The second-order valence-electron chi connectivity index (χ2n) is 3.23. The van der Waals surface area contributed by atoms with Crippen LogP contribution in [0.25, 0.3) is 0 Å². The van der Waals surface area contributed by atoms with Crippen molar-refractivity contribution in [2.75, 3.05) is 5.32 Å². The minimum Gasteiger partial charge on any atom is -0.320 e. The van der Waals surface area contributed by atoms with Crippen molar-refractivity contribution in [1.82, 2.24) is 9.97 Å². The Balaban J connectivity index is 2.24. The summed E-state index contributed by atoms with van der Waals surface area (Å²) in [5, 5.41) is 3.13. The fourth-order valence-electron chi connectivity index (χ4n) is 1.24. The molecule has 2 rings (SSSR count). The molecule has 0 atom stereocenters. The summed E-state index contributed by atoms with van der Waals surface area (Å²) in [5.41, 5.74) is 0.256. The first-order valence-electron chi connectivity index (χ1n) is 4.60. The monoisotopic (exact) mass is 315 g/mol. The molecule has 0 aliphatic heterocycles. The molecule has 1 heterocycles. The Morgan fingerprint density at radius 2 is 2.18 bits per heavy atom. The molecule has 0 fully saturated rings. The maximum atomic E-state index is 11.7. The summed E-state index contributed by atoms with van der Waals surface area (Å²) in [6.45, 7) is 0. The Morgan fingerprint density at radius 1 is 1.41 bits per heavy atom. The van der Waals surface area contributed by atoms with Crippen LogP contribution in [0.5, 0.6) is 0 Å². The molecule has 2 aromatic rings. The third kappa shape index (κ3) is 2.78.